The fourth-order valence-corrected chi connectivity index (χ4v) is 4.87. The Morgan fingerprint density at radius 2 is 2.16 bits per heavy atom. The van der Waals surface area contributed by atoms with Gasteiger partial charge in [-0.3, -0.25) is 4.79 Å². The fraction of sp³-hybridized carbons (Fsp3) is 0.542. The van der Waals surface area contributed by atoms with E-state index >= 15 is 4.39 Å². The second kappa shape index (κ2) is 9.01. The van der Waals surface area contributed by atoms with E-state index in [1.807, 2.05) is 13.0 Å². The molecule has 0 aromatic heterocycles. The number of carbonyl (C=O) groups is 1. The number of halogens is 1. The summed E-state index contributed by atoms with van der Waals surface area (Å²) in [5, 5.41) is 0. The summed E-state index contributed by atoms with van der Waals surface area (Å²) in [6, 6.07) is 3.33. The third-order valence-corrected chi connectivity index (χ3v) is 6.65. The van der Waals surface area contributed by atoms with Gasteiger partial charge < -0.3 is 23.8 Å². The summed E-state index contributed by atoms with van der Waals surface area (Å²) in [6.07, 6.45) is 4.86. The quantitative estimate of drug-likeness (QED) is 0.615. The molecule has 168 valence electrons. The number of hydrogen-bond acceptors (Lipinski definition) is 6. The van der Waals surface area contributed by atoms with Crippen LogP contribution >= 0.6 is 0 Å². The Labute approximate surface area is 182 Å². The average molecular weight is 432 g/mol. The molecule has 7 heteroatoms. The van der Waals surface area contributed by atoms with Crippen molar-refractivity contribution < 1.29 is 28.1 Å². The molecule has 0 unspecified atom stereocenters. The predicted molar refractivity (Wildman–Crippen MR) is 115 cm³/mol. The summed E-state index contributed by atoms with van der Waals surface area (Å²) in [4.78, 5) is 14.6. The molecule has 2 saturated heterocycles. The van der Waals surface area contributed by atoms with Gasteiger partial charge in [0.25, 0.3) is 0 Å². The van der Waals surface area contributed by atoms with Crippen molar-refractivity contribution in [3.63, 3.8) is 0 Å². The predicted octanol–water partition coefficient (Wildman–Crippen LogP) is 3.64. The number of methoxy groups -OCH3 is 1. The van der Waals surface area contributed by atoms with Crippen molar-refractivity contribution in [1.82, 2.24) is 0 Å². The van der Waals surface area contributed by atoms with E-state index in [1.54, 1.807) is 19.3 Å². The van der Waals surface area contributed by atoms with E-state index in [0.717, 1.165) is 18.8 Å². The molecule has 1 aromatic carbocycles. The Balaban J connectivity index is 1.63. The first kappa shape index (κ1) is 21.8. The fourth-order valence-electron chi connectivity index (χ4n) is 4.87. The summed E-state index contributed by atoms with van der Waals surface area (Å²) in [7, 11) is 1.56. The average Bonchev–Trinajstić information content (AvgIpc) is 3.19. The first-order valence-corrected chi connectivity index (χ1v) is 10.8. The number of allylic oxidation sites excluding steroid dienone is 2. The number of rotatable bonds is 7. The van der Waals surface area contributed by atoms with Crippen LogP contribution < -0.4 is 9.64 Å². The van der Waals surface area contributed by atoms with Gasteiger partial charge in [0.05, 0.1) is 26.0 Å². The lowest BCUT2D eigenvalue weighted by atomic mass is 9.71. The van der Waals surface area contributed by atoms with Crippen molar-refractivity contribution in [3.8, 4) is 5.75 Å². The van der Waals surface area contributed by atoms with Gasteiger partial charge in [-0.15, -0.1) is 6.58 Å². The lowest BCUT2D eigenvalue weighted by Crippen LogP contribution is -2.45. The second-order valence-electron chi connectivity index (χ2n) is 8.45. The molecule has 2 heterocycles. The van der Waals surface area contributed by atoms with E-state index in [-0.39, 0.29) is 30.2 Å². The zero-order valence-corrected chi connectivity index (χ0v) is 18.2. The Hall–Kier alpha value is -2.38. The molecule has 6 nitrogen and oxygen atoms in total. The summed E-state index contributed by atoms with van der Waals surface area (Å²) in [5.74, 6) is 0.513. The minimum atomic E-state index is -0.729. The van der Waals surface area contributed by atoms with Crippen molar-refractivity contribution in [3.05, 3.63) is 48.0 Å². The van der Waals surface area contributed by atoms with E-state index in [2.05, 4.69) is 11.5 Å². The van der Waals surface area contributed by atoms with Crippen molar-refractivity contribution in [2.75, 3.05) is 45.1 Å². The smallest absolute Gasteiger partial charge is 0.189 e. The van der Waals surface area contributed by atoms with Crippen LogP contribution in [0.1, 0.15) is 25.3 Å². The maximum atomic E-state index is 15.0. The molecular weight excluding hydrogens is 401 g/mol. The Morgan fingerprint density at radius 1 is 1.39 bits per heavy atom. The van der Waals surface area contributed by atoms with Crippen LogP contribution in [-0.2, 0) is 25.4 Å². The number of hydrogen-bond donors (Lipinski definition) is 0. The topological polar surface area (TPSA) is 57.2 Å². The van der Waals surface area contributed by atoms with Gasteiger partial charge in [0.2, 0.25) is 0 Å². The molecule has 4 rings (SSSR count). The normalized spacial score (nSPS) is 26.7. The highest BCUT2D eigenvalue weighted by molar-refractivity contribution is 5.93. The molecule has 31 heavy (non-hydrogen) atoms. The monoisotopic (exact) mass is 431 g/mol. The zero-order valence-electron chi connectivity index (χ0n) is 18.2. The number of fused-ring (bicyclic) bond motifs is 1. The van der Waals surface area contributed by atoms with Crippen LogP contribution in [0.4, 0.5) is 10.1 Å². The number of carbonyl (C=O) groups excluding carboxylic acids is 1. The van der Waals surface area contributed by atoms with Crippen LogP contribution in [0.25, 0.3) is 0 Å². The number of anilines is 1. The number of morpholine rings is 1. The van der Waals surface area contributed by atoms with Crippen molar-refractivity contribution in [2.45, 2.75) is 31.8 Å². The highest BCUT2D eigenvalue weighted by Crippen LogP contribution is 2.47. The van der Waals surface area contributed by atoms with E-state index in [9.17, 15) is 4.79 Å². The molecule has 1 aliphatic carbocycles. The van der Waals surface area contributed by atoms with Crippen LogP contribution in [-0.4, -0.2) is 51.6 Å². The molecule has 0 N–H and O–H groups in total. The van der Waals surface area contributed by atoms with E-state index in [4.69, 9.17) is 18.9 Å². The Morgan fingerprint density at radius 3 is 2.87 bits per heavy atom. The standard InChI is InChI=1S/C24H30FNO5/c1-4-5-17-14-24(23(13-21(17)27)30-15-31-24)16(2)10-18-11-20(22(28-3)12-19(18)25)26-6-8-29-9-7-26/h4,11-13,16-17H,1,5-10,14-15H2,2-3H3/t16-,17-,24+/m0/s1. The molecule has 3 atom stereocenters. The van der Waals surface area contributed by atoms with Gasteiger partial charge in [-0.25, -0.2) is 4.39 Å². The summed E-state index contributed by atoms with van der Waals surface area (Å²) < 4.78 is 37.7. The number of ketones is 1. The minimum Gasteiger partial charge on any atom is -0.494 e. The minimum absolute atomic E-state index is 0.0356. The lowest BCUT2D eigenvalue weighted by molar-refractivity contribution is -0.123. The lowest BCUT2D eigenvalue weighted by Gasteiger charge is -2.38. The first-order valence-electron chi connectivity index (χ1n) is 10.8. The highest BCUT2D eigenvalue weighted by Gasteiger charge is 2.51. The SMILES string of the molecule is C=CC[C@H]1C[C@]2([C@@H](C)Cc3cc(N4CCOCC4)c(OC)cc3F)OCOC2=CC1=O. The molecule has 2 aliphatic heterocycles. The zero-order chi connectivity index (χ0) is 22.0. The largest absolute Gasteiger partial charge is 0.494 e. The van der Waals surface area contributed by atoms with Crippen LogP contribution in [0, 0.1) is 17.7 Å². The first-order chi connectivity index (χ1) is 15.0. The van der Waals surface area contributed by atoms with E-state index < -0.39 is 5.60 Å². The molecule has 0 radical (unpaired) electrons. The van der Waals surface area contributed by atoms with E-state index in [1.165, 1.54) is 6.07 Å². The van der Waals surface area contributed by atoms with Crippen molar-refractivity contribution in [2.24, 2.45) is 11.8 Å². The van der Waals surface area contributed by atoms with Gasteiger partial charge >= 0.3 is 0 Å². The van der Waals surface area contributed by atoms with E-state index in [0.29, 0.717) is 49.5 Å². The maximum absolute atomic E-state index is 15.0. The van der Waals surface area contributed by atoms with Crippen LogP contribution in [0.15, 0.2) is 36.6 Å². The summed E-state index contributed by atoms with van der Waals surface area (Å²) in [5.41, 5.74) is 0.735. The Kier molecular flexibility index (Phi) is 6.34. The molecule has 0 bridgehead atoms. The van der Waals surface area contributed by atoms with Gasteiger partial charge in [-0.2, -0.15) is 0 Å². The Bertz CT molecular complexity index is 879. The maximum Gasteiger partial charge on any atom is 0.189 e. The number of benzene rings is 1. The van der Waals surface area contributed by atoms with Gasteiger partial charge in [0, 0.05) is 31.1 Å². The van der Waals surface area contributed by atoms with Crippen LogP contribution in [0.5, 0.6) is 5.75 Å². The molecule has 0 amide bonds. The van der Waals surface area contributed by atoms with Gasteiger partial charge in [0.15, 0.2) is 12.6 Å². The second-order valence-corrected chi connectivity index (χ2v) is 8.45. The third-order valence-electron chi connectivity index (χ3n) is 6.65. The highest BCUT2D eigenvalue weighted by atomic mass is 19.1. The third kappa shape index (κ3) is 4.08. The number of ether oxygens (including phenoxy) is 4. The number of nitrogens with zero attached hydrogens (tertiary/aromatic N) is 1. The van der Waals surface area contributed by atoms with Crippen LogP contribution in [0.2, 0.25) is 0 Å². The van der Waals surface area contributed by atoms with Crippen molar-refractivity contribution in [1.29, 1.82) is 0 Å². The molecule has 0 spiro atoms. The van der Waals surface area contributed by atoms with Crippen LogP contribution in [0.3, 0.4) is 0 Å². The van der Waals surface area contributed by atoms with Gasteiger partial charge in [-0.05, 0) is 36.8 Å². The summed E-state index contributed by atoms with van der Waals surface area (Å²) in [6.45, 7) is 8.64. The molecule has 3 aliphatic rings. The van der Waals surface area contributed by atoms with Crippen molar-refractivity contribution >= 4 is 11.5 Å². The molecule has 1 aromatic rings. The van der Waals surface area contributed by atoms with Gasteiger partial charge in [-0.1, -0.05) is 13.0 Å². The summed E-state index contributed by atoms with van der Waals surface area (Å²) >= 11 is 0. The molecular formula is C24H30FNO5. The van der Waals surface area contributed by atoms with Gasteiger partial charge in [0.1, 0.15) is 22.9 Å². The molecule has 0 saturated carbocycles. The molecule has 2 fully saturated rings.